The van der Waals surface area contributed by atoms with Crippen molar-refractivity contribution < 1.29 is 9.90 Å². The minimum atomic E-state index is -0.686. The third-order valence-electron chi connectivity index (χ3n) is 2.25. The Bertz CT molecular complexity index is 281. The number of hydrogen-bond donors (Lipinski definition) is 1. The summed E-state index contributed by atoms with van der Waals surface area (Å²) in [5.41, 5.74) is 4.42. The Morgan fingerprint density at radius 1 is 1.29 bits per heavy atom. The number of carboxylic acid groups (broad SMARTS) is 1. The van der Waals surface area contributed by atoms with E-state index in [1.54, 1.807) is 0 Å². The maximum atomic E-state index is 10.2. The predicted molar refractivity (Wildman–Crippen MR) is 56.1 cm³/mol. The molecule has 1 rings (SSSR count). The first kappa shape index (κ1) is 10.8. The molecule has 0 aromatic heterocycles. The van der Waals surface area contributed by atoms with E-state index in [0.29, 0.717) is 6.42 Å². The summed E-state index contributed by atoms with van der Waals surface area (Å²) in [6.45, 7) is 0. The fourth-order valence-corrected chi connectivity index (χ4v) is 1.47. The lowest BCUT2D eigenvalue weighted by Gasteiger charge is -1.98. The van der Waals surface area contributed by atoms with Crippen molar-refractivity contribution in [3.05, 3.63) is 29.5 Å². The minimum absolute atomic E-state index is 0.308. The van der Waals surface area contributed by atoms with Gasteiger partial charge in [0.2, 0.25) is 0 Å². The molecule has 0 bridgehead atoms. The molecule has 0 aromatic rings. The van der Waals surface area contributed by atoms with E-state index >= 15 is 0 Å². The maximum absolute atomic E-state index is 10.2. The van der Waals surface area contributed by atoms with Gasteiger partial charge in [0.05, 0.1) is 0 Å². The monoisotopic (exact) mass is 192 g/mol. The standard InChI is InChI=1S/C12H16O2/c13-12(14)10-4-2-1-3-7-11-8-5-6-9-11/h5-6,8H,1-4,7,10H2,(H,13,14). The van der Waals surface area contributed by atoms with Gasteiger partial charge in [-0.15, -0.1) is 5.73 Å². The van der Waals surface area contributed by atoms with E-state index in [1.165, 1.54) is 5.57 Å². The molecule has 0 spiro atoms. The van der Waals surface area contributed by atoms with Gasteiger partial charge in [-0.2, -0.15) is 0 Å². The van der Waals surface area contributed by atoms with Crippen molar-refractivity contribution in [3.63, 3.8) is 0 Å². The fraction of sp³-hybridized carbons (Fsp3) is 0.500. The van der Waals surface area contributed by atoms with E-state index in [-0.39, 0.29) is 0 Å². The summed E-state index contributed by atoms with van der Waals surface area (Å²) < 4.78 is 0. The third kappa shape index (κ3) is 4.68. The zero-order valence-corrected chi connectivity index (χ0v) is 8.33. The summed E-state index contributed by atoms with van der Waals surface area (Å²) in [7, 11) is 0. The number of aliphatic carboxylic acids is 1. The largest absolute Gasteiger partial charge is 0.481 e. The Kier molecular flexibility index (Phi) is 4.81. The lowest BCUT2D eigenvalue weighted by molar-refractivity contribution is -0.137. The van der Waals surface area contributed by atoms with Crippen molar-refractivity contribution in [1.82, 2.24) is 0 Å². The molecule has 0 aliphatic heterocycles. The average Bonchev–Trinajstić information content (AvgIpc) is 2.63. The van der Waals surface area contributed by atoms with Crippen LogP contribution in [0.4, 0.5) is 0 Å². The van der Waals surface area contributed by atoms with Crippen LogP contribution in [0.25, 0.3) is 0 Å². The molecule has 0 radical (unpaired) electrons. The number of allylic oxidation sites excluding steroid dienone is 3. The molecule has 0 saturated carbocycles. The number of carboxylic acids is 1. The second-order valence-electron chi connectivity index (χ2n) is 3.50. The van der Waals surface area contributed by atoms with Gasteiger partial charge in [-0.05, 0) is 30.9 Å². The van der Waals surface area contributed by atoms with Crippen LogP contribution in [0.3, 0.4) is 0 Å². The highest BCUT2D eigenvalue weighted by Crippen LogP contribution is 2.13. The number of hydrogen-bond acceptors (Lipinski definition) is 1. The molecule has 0 saturated heterocycles. The first-order chi connectivity index (χ1) is 6.79. The van der Waals surface area contributed by atoms with Crippen LogP contribution in [0.2, 0.25) is 0 Å². The van der Waals surface area contributed by atoms with Gasteiger partial charge in [0.15, 0.2) is 0 Å². The maximum Gasteiger partial charge on any atom is 0.303 e. The quantitative estimate of drug-likeness (QED) is 0.497. The van der Waals surface area contributed by atoms with Gasteiger partial charge in [-0.3, -0.25) is 4.79 Å². The van der Waals surface area contributed by atoms with Crippen LogP contribution in [0, 0.1) is 0 Å². The van der Waals surface area contributed by atoms with Crippen LogP contribution in [0.15, 0.2) is 29.5 Å². The minimum Gasteiger partial charge on any atom is -0.481 e. The highest BCUT2D eigenvalue weighted by Gasteiger charge is 1.98. The molecule has 0 aromatic carbocycles. The topological polar surface area (TPSA) is 37.3 Å². The van der Waals surface area contributed by atoms with Crippen molar-refractivity contribution in [2.45, 2.75) is 38.5 Å². The Morgan fingerprint density at radius 2 is 2.07 bits per heavy atom. The van der Waals surface area contributed by atoms with Crippen molar-refractivity contribution in [3.8, 4) is 0 Å². The summed E-state index contributed by atoms with van der Waals surface area (Å²) in [6, 6.07) is 0. The van der Waals surface area contributed by atoms with Crippen LogP contribution in [0.1, 0.15) is 38.5 Å². The van der Waals surface area contributed by atoms with Gasteiger partial charge >= 0.3 is 5.97 Å². The highest BCUT2D eigenvalue weighted by molar-refractivity contribution is 5.66. The molecular weight excluding hydrogens is 176 g/mol. The lowest BCUT2D eigenvalue weighted by atomic mass is 10.1. The average molecular weight is 192 g/mol. The van der Waals surface area contributed by atoms with Gasteiger partial charge in [-0.1, -0.05) is 25.0 Å². The second-order valence-corrected chi connectivity index (χ2v) is 3.50. The molecule has 0 heterocycles. The van der Waals surface area contributed by atoms with E-state index in [1.807, 2.05) is 12.2 Å². The van der Waals surface area contributed by atoms with Crippen LogP contribution in [-0.4, -0.2) is 11.1 Å². The molecule has 2 nitrogen and oxygen atoms in total. The molecule has 1 aliphatic rings. The Balaban J connectivity index is 1.92. The molecule has 1 aliphatic carbocycles. The zero-order valence-electron chi connectivity index (χ0n) is 8.33. The molecule has 2 heteroatoms. The van der Waals surface area contributed by atoms with Gasteiger partial charge in [-0.25, -0.2) is 0 Å². The first-order valence-corrected chi connectivity index (χ1v) is 5.13. The normalized spacial score (nSPS) is 13.3. The van der Waals surface area contributed by atoms with Gasteiger partial charge in [0.25, 0.3) is 0 Å². The first-order valence-electron chi connectivity index (χ1n) is 5.13. The van der Waals surface area contributed by atoms with E-state index in [4.69, 9.17) is 5.11 Å². The SMILES string of the molecule is O=C(O)CCCCCCC1=C=CC=C1. The van der Waals surface area contributed by atoms with Crippen LogP contribution in [-0.2, 0) is 4.79 Å². The zero-order chi connectivity index (χ0) is 10.2. The Labute approximate surface area is 84.6 Å². The van der Waals surface area contributed by atoms with E-state index in [9.17, 15) is 4.79 Å². The van der Waals surface area contributed by atoms with Crippen LogP contribution < -0.4 is 0 Å². The van der Waals surface area contributed by atoms with Crippen molar-refractivity contribution in [2.24, 2.45) is 0 Å². The summed E-state index contributed by atoms with van der Waals surface area (Å²) in [5, 5.41) is 8.42. The molecule has 1 N–H and O–H groups in total. The van der Waals surface area contributed by atoms with E-state index in [2.05, 4.69) is 11.8 Å². The van der Waals surface area contributed by atoms with Crippen LogP contribution in [0.5, 0.6) is 0 Å². The van der Waals surface area contributed by atoms with Gasteiger partial charge in [0, 0.05) is 6.42 Å². The molecule has 0 unspecified atom stereocenters. The fourth-order valence-electron chi connectivity index (χ4n) is 1.47. The smallest absolute Gasteiger partial charge is 0.303 e. The summed E-state index contributed by atoms with van der Waals surface area (Å²) >= 11 is 0. The summed E-state index contributed by atoms with van der Waals surface area (Å²) in [4.78, 5) is 10.2. The van der Waals surface area contributed by atoms with E-state index < -0.39 is 5.97 Å². The van der Waals surface area contributed by atoms with Crippen molar-refractivity contribution in [1.29, 1.82) is 0 Å². The molecule has 0 atom stereocenters. The van der Waals surface area contributed by atoms with Gasteiger partial charge < -0.3 is 5.11 Å². The third-order valence-corrected chi connectivity index (χ3v) is 2.25. The molecule has 76 valence electrons. The molecule has 14 heavy (non-hydrogen) atoms. The molecule has 0 amide bonds. The summed E-state index contributed by atoms with van der Waals surface area (Å²) in [5.74, 6) is -0.686. The highest BCUT2D eigenvalue weighted by atomic mass is 16.4. The van der Waals surface area contributed by atoms with E-state index in [0.717, 1.165) is 32.1 Å². The Morgan fingerprint density at radius 3 is 2.71 bits per heavy atom. The van der Waals surface area contributed by atoms with Crippen molar-refractivity contribution in [2.75, 3.05) is 0 Å². The number of rotatable bonds is 7. The number of unbranched alkanes of at least 4 members (excludes halogenated alkanes) is 3. The van der Waals surface area contributed by atoms with Crippen molar-refractivity contribution >= 4 is 5.97 Å². The predicted octanol–water partition coefficient (Wildman–Crippen LogP) is 3.06. The molecule has 0 fully saturated rings. The second kappa shape index (κ2) is 6.22. The summed E-state index contributed by atoms with van der Waals surface area (Å²) in [6.07, 6.45) is 11.5. The van der Waals surface area contributed by atoms with Gasteiger partial charge in [0.1, 0.15) is 0 Å². The van der Waals surface area contributed by atoms with Crippen LogP contribution >= 0.6 is 0 Å². The number of carbonyl (C=O) groups is 1. The molecular formula is C12H16O2. The Hall–Kier alpha value is -1.27. The lowest BCUT2D eigenvalue weighted by Crippen LogP contribution is -1.93.